The van der Waals surface area contributed by atoms with Gasteiger partial charge in [0.25, 0.3) is 0 Å². The van der Waals surface area contributed by atoms with Crippen LogP contribution in [0.3, 0.4) is 0 Å². The lowest BCUT2D eigenvalue weighted by Gasteiger charge is -2.30. The highest BCUT2D eigenvalue weighted by atomic mass is 32.1. The molecule has 1 fully saturated rings. The molecule has 7 heteroatoms. The Labute approximate surface area is 174 Å². The molecule has 2 heterocycles. The Bertz CT molecular complexity index is 847. The van der Waals surface area contributed by atoms with Crippen molar-refractivity contribution in [3.63, 3.8) is 0 Å². The fourth-order valence-corrected chi connectivity index (χ4v) is 4.82. The molecular weight excluding hydrogens is 390 g/mol. The Kier molecular flexibility index (Phi) is 7.05. The van der Waals surface area contributed by atoms with E-state index in [1.807, 2.05) is 24.3 Å². The minimum absolute atomic E-state index is 0.0198. The van der Waals surface area contributed by atoms with Crippen molar-refractivity contribution in [1.29, 1.82) is 0 Å². The number of ether oxygens (including phenoxy) is 1. The number of thiophene rings is 1. The number of aromatic carboxylic acids is 1. The van der Waals surface area contributed by atoms with Gasteiger partial charge in [0.05, 0.1) is 12.1 Å². The van der Waals surface area contributed by atoms with Gasteiger partial charge in [0.1, 0.15) is 11.0 Å². The van der Waals surface area contributed by atoms with E-state index in [9.17, 15) is 19.8 Å². The Hall–Kier alpha value is -2.22. The number of anilines is 1. The number of benzene rings is 1. The maximum atomic E-state index is 12.6. The SMILES string of the molecule is CCCCC(O)c1ccc(N2C(=O)CCC2[C@@H](OC)c2ccc(C(=O)O)s2)cc1. The third-order valence-electron chi connectivity index (χ3n) is 5.36. The molecule has 156 valence electrons. The van der Waals surface area contributed by atoms with Crippen LogP contribution >= 0.6 is 11.3 Å². The number of rotatable bonds is 9. The Balaban J connectivity index is 1.82. The van der Waals surface area contributed by atoms with Crippen LogP contribution in [-0.4, -0.2) is 35.2 Å². The van der Waals surface area contributed by atoms with Crippen LogP contribution in [0.15, 0.2) is 36.4 Å². The summed E-state index contributed by atoms with van der Waals surface area (Å²) in [6.07, 6.45) is 2.88. The number of nitrogens with zero attached hydrogens (tertiary/aromatic N) is 1. The lowest BCUT2D eigenvalue weighted by Crippen LogP contribution is -2.37. The third-order valence-corrected chi connectivity index (χ3v) is 6.50. The Morgan fingerprint density at radius 3 is 2.59 bits per heavy atom. The predicted molar refractivity (Wildman–Crippen MR) is 112 cm³/mol. The lowest BCUT2D eigenvalue weighted by molar-refractivity contribution is -0.117. The van der Waals surface area contributed by atoms with Crippen molar-refractivity contribution in [2.75, 3.05) is 12.0 Å². The number of carbonyl (C=O) groups is 2. The van der Waals surface area contributed by atoms with Crippen LogP contribution in [-0.2, 0) is 9.53 Å². The third kappa shape index (κ3) is 4.69. The molecule has 2 unspecified atom stereocenters. The molecule has 3 atom stereocenters. The van der Waals surface area contributed by atoms with Gasteiger partial charge in [-0.25, -0.2) is 4.79 Å². The van der Waals surface area contributed by atoms with Crippen molar-refractivity contribution in [2.45, 2.75) is 57.3 Å². The maximum absolute atomic E-state index is 12.6. The van der Waals surface area contributed by atoms with Crippen molar-refractivity contribution in [2.24, 2.45) is 0 Å². The fourth-order valence-electron chi connectivity index (χ4n) is 3.83. The average Bonchev–Trinajstić information content (AvgIpc) is 3.35. The zero-order chi connectivity index (χ0) is 21.0. The molecule has 0 bridgehead atoms. The zero-order valence-electron chi connectivity index (χ0n) is 16.7. The van der Waals surface area contributed by atoms with Crippen LogP contribution in [0.25, 0.3) is 0 Å². The summed E-state index contributed by atoms with van der Waals surface area (Å²) < 4.78 is 5.70. The monoisotopic (exact) mass is 417 g/mol. The van der Waals surface area contributed by atoms with E-state index in [-0.39, 0.29) is 16.8 Å². The van der Waals surface area contributed by atoms with Gasteiger partial charge in [-0.2, -0.15) is 0 Å². The maximum Gasteiger partial charge on any atom is 0.345 e. The molecule has 1 aromatic heterocycles. The van der Waals surface area contributed by atoms with E-state index in [0.717, 1.165) is 35.4 Å². The van der Waals surface area contributed by atoms with Crippen LogP contribution in [0.4, 0.5) is 5.69 Å². The van der Waals surface area contributed by atoms with Crippen molar-refractivity contribution in [3.8, 4) is 0 Å². The lowest BCUT2D eigenvalue weighted by atomic mass is 10.0. The van der Waals surface area contributed by atoms with E-state index in [2.05, 4.69) is 6.92 Å². The minimum Gasteiger partial charge on any atom is -0.477 e. The molecule has 2 aromatic rings. The molecule has 1 saturated heterocycles. The first-order valence-corrected chi connectivity index (χ1v) is 10.7. The minimum atomic E-state index is -0.965. The summed E-state index contributed by atoms with van der Waals surface area (Å²) in [6.45, 7) is 2.09. The van der Waals surface area contributed by atoms with E-state index in [1.54, 1.807) is 24.1 Å². The van der Waals surface area contributed by atoms with Crippen molar-refractivity contribution in [3.05, 3.63) is 51.7 Å². The molecule has 1 aliphatic rings. The van der Waals surface area contributed by atoms with Gasteiger partial charge in [-0.05, 0) is 42.7 Å². The van der Waals surface area contributed by atoms with Crippen LogP contribution in [0.2, 0.25) is 0 Å². The van der Waals surface area contributed by atoms with Crippen molar-refractivity contribution in [1.82, 2.24) is 0 Å². The van der Waals surface area contributed by atoms with Gasteiger partial charge in [0.15, 0.2) is 0 Å². The molecule has 0 spiro atoms. The van der Waals surface area contributed by atoms with Gasteiger partial charge >= 0.3 is 5.97 Å². The number of methoxy groups -OCH3 is 1. The number of unbranched alkanes of at least 4 members (excludes halogenated alkanes) is 1. The van der Waals surface area contributed by atoms with Crippen LogP contribution in [0.5, 0.6) is 0 Å². The quantitative estimate of drug-likeness (QED) is 0.625. The standard InChI is InChI=1S/C22H27NO5S/c1-3-4-5-17(24)14-6-8-15(9-7-14)23-16(10-13-20(23)25)21(28-2)18-11-12-19(29-18)22(26)27/h6-9,11-12,16-17,21,24H,3-5,10,13H2,1-2H3,(H,26,27)/t16?,17?,21-/m1/s1. The molecule has 29 heavy (non-hydrogen) atoms. The van der Waals surface area contributed by atoms with Crippen LogP contribution in [0.1, 0.15) is 71.3 Å². The molecule has 2 N–H and O–H groups in total. The van der Waals surface area contributed by atoms with Gasteiger partial charge in [0, 0.05) is 24.1 Å². The molecule has 0 aliphatic carbocycles. The smallest absolute Gasteiger partial charge is 0.345 e. The Morgan fingerprint density at radius 2 is 2.00 bits per heavy atom. The van der Waals surface area contributed by atoms with Crippen molar-refractivity contribution >= 4 is 28.9 Å². The first-order valence-electron chi connectivity index (χ1n) is 9.92. The van der Waals surface area contributed by atoms with Crippen LogP contribution in [0, 0.1) is 0 Å². The predicted octanol–water partition coefficient (Wildman–Crippen LogP) is 4.55. The highest BCUT2D eigenvalue weighted by molar-refractivity contribution is 7.14. The van der Waals surface area contributed by atoms with Gasteiger partial charge < -0.3 is 19.8 Å². The number of carboxylic acid groups (broad SMARTS) is 1. The van der Waals surface area contributed by atoms with Crippen LogP contribution < -0.4 is 4.90 Å². The number of carbonyl (C=O) groups excluding carboxylic acids is 1. The van der Waals surface area contributed by atoms with Gasteiger partial charge in [0.2, 0.25) is 5.91 Å². The van der Waals surface area contributed by atoms with E-state index in [0.29, 0.717) is 12.8 Å². The van der Waals surface area contributed by atoms with Crippen molar-refractivity contribution < 1.29 is 24.5 Å². The topological polar surface area (TPSA) is 87.1 Å². The first-order chi connectivity index (χ1) is 14.0. The van der Waals surface area contributed by atoms with Gasteiger partial charge in [-0.1, -0.05) is 31.9 Å². The second kappa shape index (κ2) is 9.52. The molecule has 1 amide bonds. The molecule has 1 aromatic carbocycles. The van der Waals surface area contributed by atoms with Gasteiger partial charge in [-0.15, -0.1) is 11.3 Å². The highest BCUT2D eigenvalue weighted by Crippen LogP contribution is 2.38. The normalized spacial score (nSPS) is 18.8. The largest absolute Gasteiger partial charge is 0.477 e. The molecule has 0 saturated carbocycles. The van der Waals surface area contributed by atoms with E-state index in [4.69, 9.17) is 4.74 Å². The molecule has 0 radical (unpaired) electrons. The number of hydrogen-bond donors (Lipinski definition) is 2. The van der Waals surface area contributed by atoms with E-state index in [1.165, 1.54) is 11.3 Å². The Morgan fingerprint density at radius 1 is 1.28 bits per heavy atom. The molecular formula is C22H27NO5S. The first kappa shape index (κ1) is 21.5. The zero-order valence-corrected chi connectivity index (χ0v) is 17.5. The average molecular weight is 418 g/mol. The summed E-state index contributed by atoms with van der Waals surface area (Å²) in [4.78, 5) is 26.7. The number of amides is 1. The molecule has 3 rings (SSSR count). The van der Waals surface area contributed by atoms with E-state index >= 15 is 0 Å². The molecule has 1 aliphatic heterocycles. The highest BCUT2D eigenvalue weighted by Gasteiger charge is 2.39. The summed E-state index contributed by atoms with van der Waals surface area (Å²) in [5, 5.41) is 19.5. The summed E-state index contributed by atoms with van der Waals surface area (Å²) in [7, 11) is 1.58. The summed E-state index contributed by atoms with van der Waals surface area (Å²) in [5.74, 6) is -0.945. The number of carboxylic acids is 1. The number of hydrogen-bond acceptors (Lipinski definition) is 5. The fraction of sp³-hybridized carbons (Fsp3) is 0.455. The second-order valence-electron chi connectivity index (χ2n) is 7.28. The number of aliphatic hydroxyl groups is 1. The summed E-state index contributed by atoms with van der Waals surface area (Å²) >= 11 is 1.18. The van der Waals surface area contributed by atoms with Gasteiger partial charge in [-0.3, -0.25) is 4.79 Å². The summed E-state index contributed by atoms with van der Waals surface area (Å²) in [5.41, 5.74) is 1.61. The second-order valence-corrected chi connectivity index (χ2v) is 8.40. The molecule has 6 nitrogen and oxygen atoms in total. The summed E-state index contributed by atoms with van der Waals surface area (Å²) in [6, 6.07) is 10.6. The van der Waals surface area contributed by atoms with E-state index < -0.39 is 18.2 Å². The number of aliphatic hydroxyl groups excluding tert-OH is 1.